The van der Waals surface area contributed by atoms with Gasteiger partial charge in [-0.3, -0.25) is 0 Å². The molecule has 4 heteroatoms. The van der Waals surface area contributed by atoms with E-state index in [0.717, 1.165) is 23.2 Å². The van der Waals surface area contributed by atoms with Crippen LogP contribution in [0.15, 0.2) is 52.9 Å². The van der Waals surface area contributed by atoms with Gasteiger partial charge >= 0.3 is 0 Å². The molecule has 0 aliphatic rings. The molecule has 0 aliphatic heterocycles. The number of para-hydroxylation sites is 2. The van der Waals surface area contributed by atoms with Gasteiger partial charge in [0.2, 0.25) is 0 Å². The average molecular weight is 273 g/mol. The molecule has 0 bridgehead atoms. The minimum absolute atomic E-state index is 0.506. The Labute approximate surface area is 116 Å². The van der Waals surface area contributed by atoms with Gasteiger partial charge in [0.15, 0.2) is 5.58 Å². The van der Waals surface area contributed by atoms with Gasteiger partial charge in [0.1, 0.15) is 5.52 Å². The van der Waals surface area contributed by atoms with Crippen molar-refractivity contribution in [2.45, 2.75) is 6.42 Å². The number of rotatable bonds is 4. The summed E-state index contributed by atoms with van der Waals surface area (Å²) in [4.78, 5) is 4.37. The molecule has 3 rings (SSSR count). The van der Waals surface area contributed by atoms with Crippen molar-refractivity contribution in [3.05, 3.63) is 54.1 Å². The highest BCUT2D eigenvalue weighted by atomic mass is 35.5. The van der Waals surface area contributed by atoms with E-state index in [9.17, 15) is 0 Å². The lowest BCUT2D eigenvalue weighted by Crippen LogP contribution is -1.91. The number of hydrogen-bond donors (Lipinski definition) is 1. The standard InChI is InChI=1S/C15H13ClN2O/c16-10-9-11-5-7-12(8-6-11)17-15-18-13-3-1-2-4-14(13)19-15/h1-8H,9-10H2,(H,17,18). The summed E-state index contributed by atoms with van der Waals surface area (Å²) in [5, 5.41) is 3.15. The zero-order valence-electron chi connectivity index (χ0n) is 10.3. The van der Waals surface area contributed by atoms with Crippen molar-refractivity contribution >= 4 is 34.4 Å². The molecule has 0 spiro atoms. The van der Waals surface area contributed by atoms with Crippen LogP contribution in [0, 0.1) is 0 Å². The summed E-state index contributed by atoms with van der Waals surface area (Å²) >= 11 is 5.71. The highest BCUT2D eigenvalue weighted by molar-refractivity contribution is 6.17. The van der Waals surface area contributed by atoms with Crippen molar-refractivity contribution in [2.24, 2.45) is 0 Å². The van der Waals surface area contributed by atoms with Crippen LogP contribution in [0.5, 0.6) is 0 Å². The summed E-state index contributed by atoms with van der Waals surface area (Å²) in [6.45, 7) is 0. The van der Waals surface area contributed by atoms with Crippen LogP contribution in [0.4, 0.5) is 11.7 Å². The molecule has 0 fully saturated rings. The Kier molecular flexibility index (Phi) is 3.38. The normalized spacial score (nSPS) is 10.8. The molecule has 0 saturated carbocycles. The predicted octanol–water partition coefficient (Wildman–Crippen LogP) is 4.35. The molecule has 3 nitrogen and oxygen atoms in total. The van der Waals surface area contributed by atoms with E-state index in [1.165, 1.54) is 5.56 Å². The van der Waals surface area contributed by atoms with Gasteiger partial charge in [-0.15, -0.1) is 11.6 Å². The summed E-state index contributed by atoms with van der Waals surface area (Å²) in [5.41, 5.74) is 3.80. The fourth-order valence-electron chi connectivity index (χ4n) is 1.91. The van der Waals surface area contributed by atoms with Crippen molar-refractivity contribution in [1.82, 2.24) is 4.98 Å². The Morgan fingerprint density at radius 1 is 1.05 bits per heavy atom. The third-order valence-electron chi connectivity index (χ3n) is 2.88. The molecule has 96 valence electrons. The monoisotopic (exact) mass is 272 g/mol. The van der Waals surface area contributed by atoms with Crippen molar-refractivity contribution in [1.29, 1.82) is 0 Å². The van der Waals surface area contributed by atoms with Gasteiger partial charge in [-0.2, -0.15) is 4.98 Å². The van der Waals surface area contributed by atoms with Gasteiger partial charge in [-0.05, 0) is 36.2 Å². The Morgan fingerprint density at radius 3 is 2.58 bits per heavy atom. The summed E-state index contributed by atoms with van der Waals surface area (Å²) in [5.74, 6) is 0.637. The molecule has 2 aromatic carbocycles. The molecule has 0 saturated heterocycles. The second kappa shape index (κ2) is 5.33. The fraction of sp³-hybridized carbons (Fsp3) is 0.133. The van der Waals surface area contributed by atoms with E-state index in [1.807, 2.05) is 48.5 Å². The van der Waals surface area contributed by atoms with Crippen LogP contribution in [-0.2, 0) is 6.42 Å². The molecule has 3 aromatic rings. The second-order valence-electron chi connectivity index (χ2n) is 4.25. The molecule has 1 N–H and O–H groups in total. The number of aromatic nitrogens is 1. The van der Waals surface area contributed by atoms with Crippen molar-refractivity contribution in [3.63, 3.8) is 0 Å². The number of nitrogens with zero attached hydrogens (tertiary/aromatic N) is 1. The maximum absolute atomic E-state index is 5.71. The SMILES string of the molecule is ClCCc1ccc(Nc2nc3ccccc3o2)cc1. The molecule has 0 amide bonds. The van der Waals surface area contributed by atoms with Crippen molar-refractivity contribution in [3.8, 4) is 0 Å². The zero-order valence-corrected chi connectivity index (χ0v) is 11.0. The minimum atomic E-state index is 0.506. The number of hydrogen-bond acceptors (Lipinski definition) is 3. The number of aryl methyl sites for hydroxylation is 1. The first kappa shape index (κ1) is 12.1. The molecule has 1 heterocycles. The van der Waals surface area contributed by atoms with Gasteiger partial charge in [0, 0.05) is 11.6 Å². The zero-order chi connectivity index (χ0) is 13.1. The van der Waals surface area contributed by atoms with E-state index >= 15 is 0 Å². The van der Waals surface area contributed by atoms with Gasteiger partial charge in [0.05, 0.1) is 0 Å². The topological polar surface area (TPSA) is 38.1 Å². The van der Waals surface area contributed by atoms with E-state index in [4.69, 9.17) is 16.0 Å². The van der Waals surface area contributed by atoms with Gasteiger partial charge in [0.25, 0.3) is 6.01 Å². The molecule has 1 aromatic heterocycles. The summed E-state index contributed by atoms with van der Waals surface area (Å²) in [6.07, 6.45) is 0.880. The van der Waals surface area contributed by atoms with E-state index < -0.39 is 0 Å². The maximum atomic E-state index is 5.71. The molecule has 0 atom stereocenters. The summed E-state index contributed by atoms with van der Waals surface area (Å²) in [6, 6.07) is 16.3. The minimum Gasteiger partial charge on any atom is -0.423 e. The van der Waals surface area contributed by atoms with E-state index in [2.05, 4.69) is 10.3 Å². The fourth-order valence-corrected chi connectivity index (χ4v) is 2.13. The molecule has 0 unspecified atom stereocenters. The number of anilines is 2. The van der Waals surface area contributed by atoms with Gasteiger partial charge in [-0.1, -0.05) is 24.3 Å². The lowest BCUT2D eigenvalue weighted by Gasteiger charge is -2.02. The van der Waals surface area contributed by atoms with E-state index in [1.54, 1.807) is 0 Å². The summed E-state index contributed by atoms with van der Waals surface area (Å²) < 4.78 is 5.61. The quantitative estimate of drug-likeness (QED) is 0.718. The highest BCUT2D eigenvalue weighted by Crippen LogP contribution is 2.22. The average Bonchev–Trinajstić information content (AvgIpc) is 2.83. The number of halogens is 1. The number of benzene rings is 2. The Balaban J connectivity index is 1.80. The van der Waals surface area contributed by atoms with Crippen molar-refractivity contribution < 1.29 is 4.42 Å². The maximum Gasteiger partial charge on any atom is 0.300 e. The first-order chi connectivity index (χ1) is 9.35. The lowest BCUT2D eigenvalue weighted by molar-refractivity contribution is 0.623. The smallest absolute Gasteiger partial charge is 0.300 e. The molecular formula is C15H13ClN2O. The van der Waals surface area contributed by atoms with Gasteiger partial charge < -0.3 is 9.73 Å². The van der Waals surface area contributed by atoms with Crippen molar-refractivity contribution in [2.75, 3.05) is 11.2 Å². The van der Waals surface area contributed by atoms with Crippen LogP contribution in [0.2, 0.25) is 0 Å². The summed E-state index contributed by atoms with van der Waals surface area (Å²) in [7, 11) is 0. The van der Waals surface area contributed by atoms with Gasteiger partial charge in [-0.25, -0.2) is 0 Å². The lowest BCUT2D eigenvalue weighted by atomic mass is 10.1. The first-order valence-corrected chi connectivity index (χ1v) is 6.66. The van der Waals surface area contributed by atoms with Crippen LogP contribution in [-0.4, -0.2) is 10.9 Å². The Bertz CT molecular complexity index is 643. The van der Waals surface area contributed by atoms with Crippen LogP contribution in [0.3, 0.4) is 0 Å². The number of fused-ring (bicyclic) bond motifs is 1. The van der Waals surface area contributed by atoms with Crippen LogP contribution >= 0.6 is 11.6 Å². The number of nitrogens with one attached hydrogen (secondary N) is 1. The molecule has 0 radical (unpaired) electrons. The van der Waals surface area contributed by atoms with E-state index in [0.29, 0.717) is 11.9 Å². The van der Waals surface area contributed by atoms with Crippen LogP contribution in [0.25, 0.3) is 11.1 Å². The van der Waals surface area contributed by atoms with E-state index in [-0.39, 0.29) is 0 Å². The third-order valence-corrected chi connectivity index (χ3v) is 3.07. The number of alkyl halides is 1. The molecule has 0 aliphatic carbocycles. The first-order valence-electron chi connectivity index (χ1n) is 6.12. The molecular weight excluding hydrogens is 260 g/mol. The molecule has 19 heavy (non-hydrogen) atoms. The number of oxazole rings is 1. The second-order valence-corrected chi connectivity index (χ2v) is 4.63. The Hall–Kier alpha value is -2.00. The third kappa shape index (κ3) is 2.71. The Morgan fingerprint density at radius 2 is 1.84 bits per heavy atom. The van der Waals surface area contributed by atoms with Crippen LogP contribution < -0.4 is 5.32 Å². The van der Waals surface area contributed by atoms with Crippen LogP contribution in [0.1, 0.15) is 5.56 Å². The predicted molar refractivity (Wildman–Crippen MR) is 78.2 cm³/mol. The largest absolute Gasteiger partial charge is 0.423 e. The highest BCUT2D eigenvalue weighted by Gasteiger charge is 2.04.